The number of thiazole rings is 1. The minimum atomic E-state index is 0.264. The molecule has 3 heteroatoms. The Labute approximate surface area is 126 Å². The van der Waals surface area contributed by atoms with Gasteiger partial charge in [0.15, 0.2) is 0 Å². The van der Waals surface area contributed by atoms with E-state index in [1.165, 1.54) is 16.0 Å². The lowest BCUT2D eigenvalue weighted by Crippen LogP contribution is -2.22. The number of nitrogens with zero attached hydrogens (tertiary/aromatic N) is 1. The Bertz CT molecular complexity index is 545. The van der Waals surface area contributed by atoms with Crippen molar-refractivity contribution in [3.63, 3.8) is 0 Å². The summed E-state index contributed by atoms with van der Waals surface area (Å²) in [5.41, 5.74) is 5.84. The molecule has 108 valence electrons. The Morgan fingerprint density at radius 3 is 2.70 bits per heavy atom. The molecule has 0 saturated heterocycles. The molecule has 0 saturated carbocycles. The predicted octanol–water partition coefficient (Wildman–Crippen LogP) is 4.35. The zero-order valence-corrected chi connectivity index (χ0v) is 13.6. The van der Waals surface area contributed by atoms with Gasteiger partial charge in [-0.1, -0.05) is 45.0 Å². The van der Waals surface area contributed by atoms with E-state index >= 15 is 0 Å². The van der Waals surface area contributed by atoms with Gasteiger partial charge in [-0.3, -0.25) is 0 Å². The molecule has 0 bridgehead atoms. The molecular weight excluding hydrogens is 264 g/mol. The van der Waals surface area contributed by atoms with Crippen LogP contribution in [0.1, 0.15) is 48.5 Å². The molecule has 1 N–H and O–H groups in total. The molecule has 1 heterocycles. The Kier molecular flexibility index (Phi) is 5.32. The van der Waals surface area contributed by atoms with E-state index in [-0.39, 0.29) is 6.04 Å². The summed E-state index contributed by atoms with van der Waals surface area (Å²) in [5, 5.41) is 3.59. The lowest BCUT2D eigenvalue weighted by molar-refractivity contribution is 0.627. The first-order valence-electron chi connectivity index (χ1n) is 7.34. The molecule has 2 rings (SSSR count). The molecule has 0 aliphatic rings. The third kappa shape index (κ3) is 3.68. The molecule has 0 fully saturated rings. The molecule has 1 aromatic carbocycles. The van der Waals surface area contributed by atoms with Gasteiger partial charge in [0.25, 0.3) is 0 Å². The molecule has 0 aliphatic carbocycles. The van der Waals surface area contributed by atoms with Gasteiger partial charge in [0.05, 0.1) is 17.2 Å². The summed E-state index contributed by atoms with van der Waals surface area (Å²) in [6.07, 6.45) is 1.13. The van der Waals surface area contributed by atoms with Crippen LogP contribution in [0.15, 0.2) is 29.8 Å². The highest BCUT2D eigenvalue weighted by Gasteiger charge is 2.17. The fourth-order valence-electron chi connectivity index (χ4n) is 2.53. The van der Waals surface area contributed by atoms with E-state index in [0.29, 0.717) is 5.92 Å². The van der Waals surface area contributed by atoms with Crippen molar-refractivity contribution in [3.8, 4) is 0 Å². The second-order valence-corrected chi connectivity index (χ2v) is 6.52. The summed E-state index contributed by atoms with van der Waals surface area (Å²) in [5.74, 6) is 0.688. The van der Waals surface area contributed by atoms with Gasteiger partial charge in [-0.05, 0) is 36.9 Å². The van der Waals surface area contributed by atoms with Crippen molar-refractivity contribution >= 4 is 11.3 Å². The normalized spacial score (nSPS) is 12.8. The summed E-state index contributed by atoms with van der Waals surface area (Å²) < 4.78 is 0. The van der Waals surface area contributed by atoms with Crippen LogP contribution in [0.2, 0.25) is 0 Å². The summed E-state index contributed by atoms with van der Waals surface area (Å²) in [7, 11) is 0. The van der Waals surface area contributed by atoms with Crippen molar-refractivity contribution in [2.24, 2.45) is 5.92 Å². The van der Waals surface area contributed by atoms with E-state index in [0.717, 1.165) is 18.7 Å². The summed E-state index contributed by atoms with van der Waals surface area (Å²) in [4.78, 5) is 5.72. The maximum absolute atomic E-state index is 4.39. The molecule has 1 aromatic heterocycles. The van der Waals surface area contributed by atoms with Crippen LogP contribution in [-0.4, -0.2) is 11.5 Å². The fourth-order valence-corrected chi connectivity index (χ4v) is 3.43. The van der Waals surface area contributed by atoms with E-state index in [1.807, 2.05) is 5.51 Å². The zero-order valence-electron chi connectivity index (χ0n) is 12.8. The van der Waals surface area contributed by atoms with Crippen LogP contribution in [0, 0.1) is 12.8 Å². The van der Waals surface area contributed by atoms with Crippen LogP contribution >= 0.6 is 11.3 Å². The highest BCUT2D eigenvalue weighted by molar-refractivity contribution is 7.09. The van der Waals surface area contributed by atoms with E-state index in [2.05, 4.69) is 62.3 Å². The van der Waals surface area contributed by atoms with Crippen molar-refractivity contribution in [1.82, 2.24) is 10.3 Å². The lowest BCUT2D eigenvalue weighted by Gasteiger charge is -2.19. The SMILES string of the molecule is CCNC(c1cccc(CC(C)C)c1)c1scnc1C. The average molecular weight is 288 g/mol. The topological polar surface area (TPSA) is 24.9 Å². The van der Waals surface area contributed by atoms with Gasteiger partial charge in [0.1, 0.15) is 0 Å². The van der Waals surface area contributed by atoms with Crippen molar-refractivity contribution < 1.29 is 0 Å². The molecular formula is C17H24N2S. The van der Waals surface area contributed by atoms with Gasteiger partial charge in [0, 0.05) is 4.88 Å². The van der Waals surface area contributed by atoms with Gasteiger partial charge in [-0.15, -0.1) is 11.3 Å². The van der Waals surface area contributed by atoms with Crippen LogP contribution in [0.4, 0.5) is 0 Å². The summed E-state index contributed by atoms with van der Waals surface area (Å²) in [6.45, 7) is 9.73. The standard InChI is InChI=1S/C17H24N2S/c1-5-18-16(17-13(4)19-11-20-17)15-8-6-7-14(10-15)9-12(2)3/h6-8,10-12,16,18H,5,9H2,1-4H3. The Balaban J connectivity index is 2.32. The number of hydrogen-bond acceptors (Lipinski definition) is 3. The van der Waals surface area contributed by atoms with Gasteiger partial charge >= 0.3 is 0 Å². The molecule has 2 aromatic rings. The van der Waals surface area contributed by atoms with Crippen molar-refractivity contribution in [2.45, 2.75) is 40.2 Å². The maximum Gasteiger partial charge on any atom is 0.0798 e. The highest BCUT2D eigenvalue weighted by atomic mass is 32.1. The second-order valence-electron chi connectivity index (χ2n) is 5.64. The maximum atomic E-state index is 4.39. The minimum Gasteiger partial charge on any atom is -0.306 e. The first-order valence-corrected chi connectivity index (χ1v) is 8.22. The minimum absolute atomic E-state index is 0.264. The Morgan fingerprint density at radius 1 is 1.30 bits per heavy atom. The van der Waals surface area contributed by atoms with Gasteiger partial charge in [0.2, 0.25) is 0 Å². The average Bonchev–Trinajstić information content (AvgIpc) is 2.81. The quantitative estimate of drug-likeness (QED) is 0.855. The number of hydrogen-bond donors (Lipinski definition) is 1. The van der Waals surface area contributed by atoms with E-state index in [4.69, 9.17) is 0 Å². The second kappa shape index (κ2) is 7.00. The zero-order chi connectivity index (χ0) is 14.5. The van der Waals surface area contributed by atoms with E-state index < -0.39 is 0 Å². The number of nitrogens with one attached hydrogen (secondary N) is 1. The molecule has 0 aliphatic heterocycles. The number of benzene rings is 1. The molecule has 0 radical (unpaired) electrons. The van der Waals surface area contributed by atoms with E-state index in [9.17, 15) is 0 Å². The van der Waals surface area contributed by atoms with Crippen LogP contribution < -0.4 is 5.32 Å². The fraction of sp³-hybridized carbons (Fsp3) is 0.471. The van der Waals surface area contributed by atoms with Crippen LogP contribution in [0.25, 0.3) is 0 Å². The molecule has 1 atom stereocenters. The number of aromatic nitrogens is 1. The van der Waals surface area contributed by atoms with Crippen molar-refractivity contribution in [1.29, 1.82) is 0 Å². The van der Waals surface area contributed by atoms with E-state index in [1.54, 1.807) is 11.3 Å². The van der Waals surface area contributed by atoms with Gasteiger partial charge < -0.3 is 5.32 Å². The molecule has 1 unspecified atom stereocenters. The first kappa shape index (κ1) is 15.2. The molecule has 2 nitrogen and oxygen atoms in total. The monoisotopic (exact) mass is 288 g/mol. The lowest BCUT2D eigenvalue weighted by atomic mass is 9.97. The van der Waals surface area contributed by atoms with Crippen LogP contribution in [0.5, 0.6) is 0 Å². The Morgan fingerprint density at radius 2 is 2.10 bits per heavy atom. The van der Waals surface area contributed by atoms with Crippen LogP contribution in [0.3, 0.4) is 0 Å². The smallest absolute Gasteiger partial charge is 0.0798 e. The van der Waals surface area contributed by atoms with Crippen molar-refractivity contribution in [3.05, 3.63) is 51.5 Å². The van der Waals surface area contributed by atoms with Crippen molar-refractivity contribution in [2.75, 3.05) is 6.54 Å². The predicted molar refractivity (Wildman–Crippen MR) is 87.4 cm³/mol. The van der Waals surface area contributed by atoms with Crippen LogP contribution in [-0.2, 0) is 6.42 Å². The van der Waals surface area contributed by atoms with Gasteiger partial charge in [-0.25, -0.2) is 4.98 Å². The Hall–Kier alpha value is -1.19. The third-order valence-electron chi connectivity index (χ3n) is 3.38. The number of rotatable bonds is 6. The van der Waals surface area contributed by atoms with Gasteiger partial charge in [-0.2, -0.15) is 0 Å². The number of aryl methyl sites for hydroxylation is 1. The summed E-state index contributed by atoms with van der Waals surface area (Å²) in [6, 6.07) is 9.22. The largest absolute Gasteiger partial charge is 0.306 e. The summed E-state index contributed by atoms with van der Waals surface area (Å²) >= 11 is 1.74. The molecule has 0 amide bonds. The first-order chi connectivity index (χ1) is 9.61. The third-order valence-corrected chi connectivity index (χ3v) is 4.38. The highest BCUT2D eigenvalue weighted by Crippen LogP contribution is 2.28. The molecule has 20 heavy (non-hydrogen) atoms. The molecule has 0 spiro atoms.